The number of nitrogens with one attached hydrogen (secondary N) is 2. The highest BCUT2D eigenvalue weighted by molar-refractivity contribution is 8.00. The molecule has 1 atom stereocenters. The van der Waals surface area contributed by atoms with Crippen molar-refractivity contribution in [3.8, 4) is 0 Å². The Morgan fingerprint density at radius 3 is 2.35 bits per heavy atom. The molecule has 31 heavy (non-hydrogen) atoms. The molecule has 0 aliphatic carbocycles. The van der Waals surface area contributed by atoms with Gasteiger partial charge in [0.15, 0.2) is 0 Å². The first kappa shape index (κ1) is 22.9. The Morgan fingerprint density at radius 2 is 1.65 bits per heavy atom. The predicted octanol–water partition coefficient (Wildman–Crippen LogP) is 6.76. The smallest absolute Gasteiger partial charge is 0.248 e. The fourth-order valence-corrected chi connectivity index (χ4v) is 3.83. The number of rotatable bonds is 7. The van der Waals surface area contributed by atoms with E-state index in [1.807, 2.05) is 49.4 Å². The lowest BCUT2D eigenvalue weighted by Gasteiger charge is -2.13. The summed E-state index contributed by atoms with van der Waals surface area (Å²) < 4.78 is 0. The van der Waals surface area contributed by atoms with Gasteiger partial charge in [0.05, 0.1) is 16.0 Å². The molecule has 0 heterocycles. The Kier molecular flexibility index (Phi) is 8.18. The number of anilines is 2. The van der Waals surface area contributed by atoms with E-state index in [0.717, 1.165) is 10.5 Å². The molecule has 0 fully saturated rings. The van der Waals surface area contributed by atoms with Gasteiger partial charge in [0, 0.05) is 21.7 Å². The van der Waals surface area contributed by atoms with Gasteiger partial charge >= 0.3 is 0 Å². The highest BCUT2D eigenvalue weighted by Crippen LogP contribution is 2.28. The van der Waals surface area contributed by atoms with Crippen LogP contribution in [0.15, 0.2) is 83.8 Å². The van der Waals surface area contributed by atoms with Crippen LogP contribution in [-0.2, 0) is 9.59 Å². The monoisotopic (exact) mass is 470 g/mol. The molecule has 0 spiro atoms. The van der Waals surface area contributed by atoms with Gasteiger partial charge in [-0.3, -0.25) is 9.59 Å². The normalized spacial score (nSPS) is 11.8. The number of halogens is 2. The second kappa shape index (κ2) is 11.0. The molecule has 158 valence electrons. The molecule has 0 radical (unpaired) electrons. The summed E-state index contributed by atoms with van der Waals surface area (Å²) in [7, 11) is 0. The predicted molar refractivity (Wildman–Crippen MR) is 131 cm³/mol. The maximum atomic E-state index is 12.5. The van der Waals surface area contributed by atoms with Crippen molar-refractivity contribution in [2.45, 2.75) is 17.1 Å². The third-order valence-electron chi connectivity index (χ3n) is 4.22. The van der Waals surface area contributed by atoms with Crippen LogP contribution in [0.4, 0.5) is 11.4 Å². The van der Waals surface area contributed by atoms with Crippen molar-refractivity contribution in [2.24, 2.45) is 0 Å². The van der Waals surface area contributed by atoms with Crippen LogP contribution in [0.25, 0.3) is 6.08 Å². The molecule has 0 aromatic heterocycles. The first-order valence-electron chi connectivity index (χ1n) is 9.47. The topological polar surface area (TPSA) is 58.2 Å². The summed E-state index contributed by atoms with van der Waals surface area (Å²) in [5.74, 6) is -0.395. The van der Waals surface area contributed by atoms with Crippen LogP contribution in [0, 0.1) is 0 Å². The molecule has 4 nitrogen and oxygen atoms in total. The molecule has 3 rings (SSSR count). The molecule has 2 amide bonds. The zero-order valence-corrected chi connectivity index (χ0v) is 19.0. The maximum absolute atomic E-state index is 12.5. The summed E-state index contributed by atoms with van der Waals surface area (Å²) in [6.07, 6.45) is 3.25. The summed E-state index contributed by atoms with van der Waals surface area (Å²) in [6.45, 7) is 1.81. The number of hydrogen-bond acceptors (Lipinski definition) is 3. The van der Waals surface area contributed by atoms with E-state index < -0.39 is 0 Å². The quantitative estimate of drug-likeness (QED) is 0.296. The Bertz CT molecular complexity index is 1090. The minimum absolute atomic E-state index is 0.183. The Labute approximate surface area is 195 Å². The molecule has 7 heteroatoms. The van der Waals surface area contributed by atoms with Crippen molar-refractivity contribution in [3.63, 3.8) is 0 Å². The number of carbonyl (C=O) groups is 2. The van der Waals surface area contributed by atoms with E-state index in [2.05, 4.69) is 10.6 Å². The third-order valence-corrected chi connectivity index (χ3v) is 5.89. The van der Waals surface area contributed by atoms with Gasteiger partial charge in [0.2, 0.25) is 11.8 Å². The molecule has 0 aliphatic heterocycles. The van der Waals surface area contributed by atoms with Gasteiger partial charge in [-0.05, 0) is 61.0 Å². The summed E-state index contributed by atoms with van der Waals surface area (Å²) >= 11 is 13.5. The number of amides is 2. The fourth-order valence-electron chi connectivity index (χ4n) is 2.62. The van der Waals surface area contributed by atoms with Gasteiger partial charge in [0.1, 0.15) is 0 Å². The highest BCUT2D eigenvalue weighted by Gasteiger charge is 2.16. The average molecular weight is 471 g/mol. The standard InChI is InChI=1S/C24H20Cl2N2O2S/c1-16(24(30)28-22-15-18(25)8-13-21(22)26)31-20-11-9-19(10-12-20)27-23(29)14-7-17-5-3-2-4-6-17/h2-16H,1H3,(H,27,29)(H,28,30)/b14-7+. The van der Waals surface area contributed by atoms with Crippen molar-refractivity contribution in [2.75, 3.05) is 10.6 Å². The van der Waals surface area contributed by atoms with Crippen molar-refractivity contribution in [3.05, 3.63) is 94.5 Å². The number of hydrogen-bond donors (Lipinski definition) is 2. The number of thioether (sulfide) groups is 1. The first-order valence-corrected chi connectivity index (χ1v) is 11.1. The molecule has 3 aromatic rings. The van der Waals surface area contributed by atoms with E-state index in [0.29, 0.717) is 21.4 Å². The van der Waals surface area contributed by atoms with Gasteiger partial charge < -0.3 is 10.6 Å². The van der Waals surface area contributed by atoms with E-state index in [1.54, 1.807) is 36.4 Å². The molecule has 0 bridgehead atoms. The van der Waals surface area contributed by atoms with Crippen LogP contribution in [-0.4, -0.2) is 17.1 Å². The molecule has 3 aromatic carbocycles. The first-order chi connectivity index (χ1) is 14.9. The van der Waals surface area contributed by atoms with E-state index >= 15 is 0 Å². The molecule has 0 saturated heterocycles. The lowest BCUT2D eigenvalue weighted by molar-refractivity contribution is -0.115. The van der Waals surface area contributed by atoms with Gasteiger partial charge in [-0.25, -0.2) is 0 Å². The Balaban J connectivity index is 1.53. The summed E-state index contributed by atoms with van der Waals surface area (Å²) in [5.41, 5.74) is 2.11. The Hall–Kier alpha value is -2.73. The van der Waals surface area contributed by atoms with E-state index in [4.69, 9.17) is 23.2 Å². The van der Waals surface area contributed by atoms with Gasteiger partial charge in [0.25, 0.3) is 0 Å². The fraction of sp³-hybridized carbons (Fsp3) is 0.0833. The largest absolute Gasteiger partial charge is 0.324 e. The number of benzene rings is 3. The van der Waals surface area contributed by atoms with Crippen LogP contribution in [0.3, 0.4) is 0 Å². The molecule has 2 N–H and O–H groups in total. The van der Waals surface area contributed by atoms with Crippen molar-refractivity contribution >= 4 is 64.2 Å². The highest BCUT2D eigenvalue weighted by atomic mass is 35.5. The summed E-state index contributed by atoms with van der Waals surface area (Å²) in [4.78, 5) is 25.5. The maximum Gasteiger partial charge on any atom is 0.248 e. The molecule has 0 saturated carbocycles. The van der Waals surface area contributed by atoms with Crippen molar-refractivity contribution in [1.82, 2.24) is 0 Å². The zero-order chi connectivity index (χ0) is 22.2. The Morgan fingerprint density at radius 1 is 0.935 bits per heavy atom. The minimum atomic E-state index is -0.357. The van der Waals surface area contributed by atoms with Crippen molar-refractivity contribution in [1.29, 1.82) is 0 Å². The van der Waals surface area contributed by atoms with E-state index in [-0.39, 0.29) is 17.1 Å². The van der Waals surface area contributed by atoms with Gasteiger partial charge in [-0.1, -0.05) is 53.5 Å². The molecule has 1 unspecified atom stereocenters. The minimum Gasteiger partial charge on any atom is -0.324 e. The van der Waals surface area contributed by atoms with Crippen molar-refractivity contribution < 1.29 is 9.59 Å². The second-order valence-corrected chi connectivity index (χ2v) is 8.89. The van der Waals surface area contributed by atoms with Crippen LogP contribution in [0.5, 0.6) is 0 Å². The van der Waals surface area contributed by atoms with Crippen LogP contribution < -0.4 is 10.6 Å². The average Bonchev–Trinajstić information content (AvgIpc) is 2.77. The zero-order valence-electron chi connectivity index (χ0n) is 16.6. The lowest BCUT2D eigenvalue weighted by Crippen LogP contribution is -2.22. The van der Waals surface area contributed by atoms with E-state index in [1.165, 1.54) is 17.8 Å². The number of carbonyl (C=O) groups excluding carboxylic acids is 2. The molecule has 0 aliphatic rings. The van der Waals surface area contributed by atoms with Crippen LogP contribution >= 0.6 is 35.0 Å². The summed E-state index contributed by atoms with van der Waals surface area (Å²) in [6, 6.07) is 21.8. The van der Waals surface area contributed by atoms with E-state index in [9.17, 15) is 9.59 Å². The molecular weight excluding hydrogens is 451 g/mol. The summed E-state index contributed by atoms with van der Waals surface area (Å²) in [5, 5.41) is 6.18. The lowest BCUT2D eigenvalue weighted by atomic mass is 10.2. The van der Waals surface area contributed by atoms with Crippen LogP contribution in [0.1, 0.15) is 12.5 Å². The van der Waals surface area contributed by atoms with Gasteiger partial charge in [-0.15, -0.1) is 11.8 Å². The van der Waals surface area contributed by atoms with Crippen LogP contribution in [0.2, 0.25) is 10.0 Å². The van der Waals surface area contributed by atoms with Gasteiger partial charge in [-0.2, -0.15) is 0 Å². The third kappa shape index (κ3) is 7.17. The molecular formula is C24H20Cl2N2O2S. The SMILES string of the molecule is CC(Sc1ccc(NC(=O)/C=C/c2ccccc2)cc1)C(=O)Nc1cc(Cl)ccc1Cl. The second-order valence-electron chi connectivity index (χ2n) is 6.63.